The van der Waals surface area contributed by atoms with Gasteiger partial charge in [0.2, 0.25) is 0 Å². The van der Waals surface area contributed by atoms with Gasteiger partial charge in [-0.2, -0.15) is 18.3 Å². The number of halogens is 4. The Kier molecular flexibility index (Phi) is 3.75. The van der Waals surface area contributed by atoms with Crippen molar-refractivity contribution in [2.24, 2.45) is 7.05 Å². The SMILES string of the molecule is Cc1c(C(O)c2ccc(C(F)(F)F)nc2Cl)cnn1C. The van der Waals surface area contributed by atoms with Crippen LogP contribution in [-0.2, 0) is 13.2 Å². The minimum atomic E-state index is -4.57. The van der Waals surface area contributed by atoms with Gasteiger partial charge in [-0.05, 0) is 13.0 Å². The molecule has 2 aromatic heterocycles. The highest BCUT2D eigenvalue weighted by atomic mass is 35.5. The van der Waals surface area contributed by atoms with Crippen LogP contribution in [0.25, 0.3) is 0 Å². The molecule has 0 aliphatic carbocycles. The van der Waals surface area contributed by atoms with Crippen molar-refractivity contribution in [3.05, 3.63) is 46.0 Å². The minimum absolute atomic E-state index is 0.107. The largest absolute Gasteiger partial charge is 0.433 e. The maximum Gasteiger partial charge on any atom is 0.433 e. The molecule has 0 radical (unpaired) electrons. The third-order valence-electron chi connectivity index (χ3n) is 3.03. The van der Waals surface area contributed by atoms with Crippen LogP contribution >= 0.6 is 11.6 Å². The summed E-state index contributed by atoms with van der Waals surface area (Å²) in [6.07, 6.45) is -4.31. The van der Waals surface area contributed by atoms with E-state index >= 15 is 0 Å². The second kappa shape index (κ2) is 5.06. The zero-order valence-corrected chi connectivity index (χ0v) is 11.4. The van der Waals surface area contributed by atoms with Gasteiger partial charge in [0.15, 0.2) is 0 Å². The van der Waals surface area contributed by atoms with Crippen LogP contribution in [0.15, 0.2) is 18.3 Å². The molecule has 0 saturated heterocycles. The van der Waals surface area contributed by atoms with Gasteiger partial charge in [0, 0.05) is 23.9 Å². The van der Waals surface area contributed by atoms with Crippen molar-refractivity contribution >= 4 is 11.6 Å². The highest BCUT2D eigenvalue weighted by Gasteiger charge is 2.33. The lowest BCUT2D eigenvalue weighted by Gasteiger charge is -2.14. The Labute approximate surface area is 117 Å². The second-order valence-corrected chi connectivity index (χ2v) is 4.64. The van der Waals surface area contributed by atoms with Gasteiger partial charge in [0.05, 0.1) is 6.20 Å². The fraction of sp³-hybridized carbons (Fsp3) is 0.333. The molecule has 0 fully saturated rings. The molecule has 1 unspecified atom stereocenters. The topological polar surface area (TPSA) is 50.9 Å². The van der Waals surface area contributed by atoms with Gasteiger partial charge in [0.25, 0.3) is 0 Å². The zero-order valence-electron chi connectivity index (χ0n) is 10.6. The fourth-order valence-electron chi connectivity index (χ4n) is 1.76. The first kappa shape index (κ1) is 14.8. The van der Waals surface area contributed by atoms with Crippen LogP contribution in [0.1, 0.15) is 28.6 Å². The summed E-state index contributed by atoms with van der Waals surface area (Å²) in [5, 5.41) is 13.8. The molecule has 8 heteroatoms. The summed E-state index contributed by atoms with van der Waals surface area (Å²) in [6.45, 7) is 1.73. The number of rotatable bonds is 2. The van der Waals surface area contributed by atoms with Crippen LogP contribution in [0.4, 0.5) is 13.2 Å². The molecule has 0 amide bonds. The van der Waals surface area contributed by atoms with Crippen molar-refractivity contribution < 1.29 is 18.3 Å². The molecule has 0 spiro atoms. The fourth-order valence-corrected chi connectivity index (χ4v) is 2.02. The maximum absolute atomic E-state index is 12.5. The first-order chi connectivity index (χ1) is 9.21. The van der Waals surface area contributed by atoms with Crippen LogP contribution in [0.2, 0.25) is 5.15 Å². The molecule has 108 valence electrons. The number of hydrogen-bond acceptors (Lipinski definition) is 3. The van der Waals surface area contributed by atoms with Gasteiger partial charge >= 0.3 is 6.18 Å². The summed E-state index contributed by atoms with van der Waals surface area (Å²) >= 11 is 5.74. The molecule has 0 aliphatic rings. The lowest BCUT2D eigenvalue weighted by molar-refractivity contribution is -0.141. The first-order valence-corrected chi connectivity index (χ1v) is 6.00. The van der Waals surface area contributed by atoms with Crippen molar-refractivity contribution in [1.82, 2.24) is 14.8 Å². The number of aromatic nitrogens is 3. The van der Waals surface area contributed by atoms with E-state index in [1.807, 2.05) is 0 Å². The summed E-state index contributed by atoms with van der Waals surface area (Å²) in [7, 11) is 1.69. The Morgan fingerprint density at radius 2 is 1.95 bits per heavy atom. The van der Waals surface area contributed by atoms with E-state index in [9.17, 15) is 18.3 Å². The predicted molar refractivity (Wildman–Crippen MR) is 66.3 cm³/mol. The van der Waals surface area contributed by atoms with Gasteiger partial charge in [-0.15, -0.1) is 0 Å². The monoisotopic (exact) mass is 305 g/mol. The summed E-state index contributed by atoms with van der Waals surface area (Å²) in [5.74, 6) is 0. The minimum Gasteiger partial charge on any atom is -0.383 e. The Morgan fingerprint density at radius 1 is 1.30 bits per heavy atom. The van der Waals surface area contributed by atoms with E-state index in [0.717, 1.165) is 12.1 Å². The molecule has 0 aliphatic heterocycles. The lowest BCUT2D eigenvalue weighted by Crippen LogP contribution is -2.10. The van der Waals surface area contributed by atoms with E-state index < -0.39 is 18.0 Å². The molecular formula is C12H11ClF3N3O. The molecule has 2 aromatic rings. The van der Waals surface area contributed by atoms with Crippen LogP contribution in [-0.4, -0.2) is 19.9 Å². The van der Waals surface area contributed by atoms with Crippen LogP contribution in [0.5, 0.6) is 0 Å². The third-order valence-corrected chi connectivity index (χ3v) is 3.33. The average molecular weight is 306 g/mol. The molecule has 20 heavy (non-hydrogen) atoms. The Morgan fingerprint density at radius 3 is 2.40 bits per heavy atom. The van der Waals surface area contributed by atoms with Crippen LogP contribution < -0.4 is 0 Å². The molecule has 1 N–H and O–H groups in total. The summed E-state index contributed by atoms with van der Waals surface area (Å²) in [6, 6.07) is 1.91. The van der Waals surface area contributed by atoms with E-state index in [2.05, 4.69) is 10.1 Å². The molecule has 4 nitrogen and oxygen atoms in total. The standard InChI is InChI=1S/C12H11ClF3N3O/c1-6-8(5-17-19(6)2)10(20)7-3-4-9(12(14,15)16)18-11(7)13/h3-5,10,20H,1-2H3. The van der Waals surface area contributed by atoms with Gasteiger partial charge in [-0.3, -0.25) is 4.68 Å². The predicted octanol–water partition coefficient (Wildman–Crippen LogP) is 2.88. The molecule has 0 bridgehead atoms. The smallest absolute Gasteiger partial charge is 0.383 e. The van der Waals surface area contributed by atoms with E-state index in [1.54, 1.807) is 18.7 Å². The number of pyridine rings is 1. The quantitative estimate of drug-likeness (QED) is 0.868. The normalized spacial score (nSPS) is 13.6. The third kappa shape index (κ3) is 2.64. The van der Waals surface area contributed by atoms with Gasteiger partial charge < -0.3 is 5.11 Å². The number of nitrogens with zero attached hydrogens (tertiary/aromatic N) is 3. The van der Waals surface area contributed by atoms with Crippen molar-refractivity contribution in [3.8, 4) is 0 Å². The van der Waals surface area contributed by atoms with E-state index in [4.69, 9.17) is 11.6 Å². The number of alkyl halides is 3. The number of aryl methyl sites for hydroxylation is 1. The molecule has 2 rings (SSSR count). The number of aliphatic hydroxyl groups excluding tert-OH is 1. The van der Waals surface area contributed by atoms with Crippen LogP contribution in [0, 0.1) is 6.92 Å². The van der Waals surface area contributed by atoms with Crippen molar-refractivity contribution in [2.75, 3.05) is 0 Å². The molecule has 1 atom stereocenters. The van der Waals surface area contributed by atoms with Crippen LogP contribution in [0.3, 0.4) is 0 Å². The lowest BCUT2D eigenvalue weighted by atomic mass is 10.0. The molecular weight excluding hydrogens is 295 g/mol. The van der Waals surface area contributed by atoms with E-state index in [-0.39, 0.29) is 10.7 Å². The van der Waals surface area contributed by atoms with Gasteiger partial charge in [-0.1, -0.05) is 17.7 Å². The highest BCUT2D eigenvalue weighted by Crippen LogP contribution is 2.33. The molecule has 0 saturated carbocycles. The highest BCUT2D eigenvalue weighted by molar-refractivity contribution is 6.30. The molecule has 0 aromatic carbocycles. The second-order valence-electron chi connectivity index (χ2n) is 4.29. The number of aliphatic hydroxyl groups is 1. The summed E-state index contributed by atoms with van der Waals surface area (Å²) < 4.78 is 39.0. The average Bonchev–Trinajstić information content (AvgIpc) is 2.68. The maximum atomic E-state index is 12.5. The Balaban J connectivity index is 2.41. The van der Waals surface area contributed by atoms with Gasteiger partial charge in [-0.25, -0.2) is 4.98 Å². The number of hydrogen-bond donors (Lipinski definition) is 1. The zero-order chi connectivity index (χ0) is 15.1. The molecule has 2 heterocycles. The Bertz CT molecular complexity index is 639. The summed E-state index contributed by atoms with van der Waals surface area (Å²) in [4.78, 5) is 3.28. The first-order valence-electron chi connectivity index (χ1n) is 5.62. The Hall–Kier alpha value is -1.60. The summed E-state index contributed by atoms with van der Waals surface area (Å²) in [5.41, 5.74) is 0.168. The van der Waals surface area contributed by atoms with Gasteiger partial charge in [0.1, 0.15) is 17.0 Å². The van der Waals surface area contributed by atoms with E-state index in [0.29, 0.717) is 11.3 Å². The van der Waals surface area contributed by atoms with Crippen molar-refractivity contribution in [1.29, 1.82) is 0 Å². The van der Waals surface area contributed by atoms with E-state index in [1.165, 1.54) is 6.20 Å². The van der Waals surface area contributed by atoms with Crippen molar-refractivity contribution in [3.63, 3.8) is 0 Å². The van der Waals surface area contributed by atoms with Crippen molar-refractivity contribution in [2.45, 2.75) is 19.2 Å².